The number of piperidine rings is 1. The smallest absolute Gasteiger partial charge is 0.416 e. The predicted octanol–water partition coefficient (Wildman–Crippen LogP) is 4.52. The number of nitrogens with zero attached hydrogens (tertiary/aromatic N) is 4. The summed E-state index contributed by atoms with van der Waals surface area (Å²) >= 11 is 5.94. The number of likely N-dealkylation sites (tertiary alicyclic amines) is 1. The number of benzene rings is 1. The van der Waals surface area contributed by atoms with Gasteiger partial charge in [-0.2, -0.15) is 13.2 Å². The first-order valence-corrected chi connectivity index (χ1v) is 12.7. The molecule has 7 nitrogen and oxygen atoms in total. The topological polar surface area (TPSA) is 77.0 Å². The molecule has 2 aliphatic heterocycles. The van der Waals surface area contributed by atoms with Gasteiger partial charge in [0.25, 0.3) is 5.91 Å². The second-order valence-electron chi connectivity index (χ2n) is 9.69. The van der Waals surface area contributed by atoms with Gasteiger partial charge in [0.05, 0.1) is 5.56 Å². The summed E-state index contributed by atoms with van der Waals surface area (Å²) in [6.45, 7) is 4.31. The first-order valence-electron chi connectivity index (χ1n) is 12.4. The molecule has 1 aromatic heterocycles. The fraction of sp³-hybridized carbons (Fsp3) is 0.500. The molecule has 1 aromatic carbocycles. The highest BCUT2D eigenvalue weighted by molar-refractivity contribution is 6.29. The summed E-state index contributed by atoms with van der Waals surface area (Å²) in [6.07, 6.45) is -1.46. The summed E-state index contributed by atoms with van der Waals surface area (Å²) in [5.41, 5.74) is 0.372. The maximum absolute atomic E-state index is 13.1. The van der Waals surface area contributed by atoms with Gasteiger partial charge in [-0.3, -0.25) is 14.5 Å². The molecule has 0 aliphatic carbocycles. The van der Waals surface area contributed by atoms with Crippen molar-refractivity contribution >= 4 is 29.2 Å². The lowest BCUT2D eigenvalue weighted by atomic mass is 9.81. The lowest BCUT2D eigenvalue weighted by Gasteiger charge is -2.40. The van der Waals surface area contributed by atoms with Crippen LogP contribution < -0.4 is 4.90 Å². The van der Waals surface area contributed by atoms with Gasteiger partial charge in [0.15, 0.2) is 0 Å². The Bertz CT molecular complexity index is 1110. The molecular weight excluding hydrogens is 509 g/mol. The van der Waals surface area contributed by atoms with Crippen LogP contribution in [-0.2, 0) is 11.0 Å². The van der Waals surface area contributed by atoms with Crippen LogP contribution >= 0.6 is 11.6 Å². The Hall–Kier alpha value is -2.85. The Kier molecular flexibility index (Phi) is 8.59. The second-order valence-corrected chi connectivity index (χ2v) is 10.1. The predicted molar refractivity (Wildman–Crippen MR) is 134 cm³/mol. The minimum Gasteiger partial charge on any atom is -0.481 e. The fourth-order valence-electron chi connectivity index (χ4n) is 5.26. The molecule has 2 saturated heterocycles. The second kappa shape index (κ2) is 11.7. The van der Waals surface area contributed by atoms with Crippen LogP contribution in [0.2, 0.25) is 5.15 Å². The highest BCUT2D eigenvalue weighted by atomic mass is 35.5. The van der Waals surface area contributed by atoms with Gasteiger partial charge in [0.2, 0.25) is 0 Å². The van der Waals surface area contributed by atoms with E-state index in [9.17, 15) is 27.9 Å². The number of halogens is 4. The zero-order chi connectivity index (χ0) is 26.6. The molecule has 200 valence electrons. The molecule has 11 heteroatoms. The third-order valence-electron chi connectivity index (χ3n) is 7.32. The van der Waals surface area contributed by atoms with Crippen molar-refractivity contribution in [2.45, 2.75) is 25.4 Å². The Balaban J connectivity index is 1.34. The molecule has 0 spiro atoms. The molecule has 3 heterocycles. The fourth-order valence-corrected chi connectivity index (χ4v) is 5.43. The molecule has 4 rings (SSSR count). The van der Waals surface area contributed by atoms with E-state index in [1.165, 1.54) is 24.4 Å². The van der Waals surface area contributed by atoms with E-state index >= 15 is 0 Å². The van der Waals surface area contributed by atoms with Crippen LogP contribution in [0.3, 0.4) is 0 Å². The highest BCUT2D eigenvalue weighted by Gasteiger charge is 2.34. The number of hydrogen-bond donors (Lipinski definition) is 1. The first kappa shape index (κ1) is 27.2. The number of pyridine rings is 1. The van der Waals surface area contributed by atoms with Crippen LogP contribution in [0.1, 0.15) is 35.2 Å². The van der Waals surface area contributed by atoms with E-state index in [2.05, 4.69) is 9.88 Å². The van der Waals surface area contributed by atoms with Crippen molar-refractivity contribution < 1.29 is 27.9 Å². The summed E-state index contributed by atoms with van der Waals surface area (Å²) in [4.78, 5) is 34.4. The third kappa shape index (κ3) is 7.13. The van der Waals surface area contributed by atoms with Gasteiger partial charge in [-0.25, -0.2) is 4.98 Å². The zero-order valence-electron chi connectivity index (χ0n) is 20.3. The minimum absolute atomic E-state index is 0.0195. The van der Waals surface area contributed by atoms with E-state index in [-0.39, 0.29) is 29.3 Å². The Morgan fingerprint density at radius 2 is 1.81 bits per heavy atom. The number of rotatable bonds is 7. The maximum atomic E-state index is 13.1. The maximum Gasteiger partial charge on any atom is 0.416 e. The van der Waals surface area contributed by atoms with Gasteiger partial charge in [-0.1, -0.05) is 17.7 Å². The summed E-state index contributed by atoms with van der Waals surface area (Å²) in [6, 6.07) is 8.56. The minimum atomic E-state index is -4.37. The largest absolute Gasteiger partial charge is 0.481 e. The molecule has 1 amide bonds. The normalized spacial score (nSPS) is 21.2. The van der Waals surface area contributed by atoms with Crippen LogP contribution in [0.5, 0.6) is 0 Å². The van der Waals surface area contributed by atoms with Crippen molar-refractivity contribution in [3.8, 4) is 0 Å². The molecule has 2 aliphatic rings. The van der Waals surface area contributed by atoms with Gasteiger partial charge in [0, 0.05) is 63.1 Å². The SMILES string of the molecule is O=C(O)C[C@@H]1CCN(C(=O)c2ccnc(Cl)c2)C[C@@H]1CCN1CCN(c2cccc(C(F)(F)F)c2)CC1. The number of carboxylic acid groups (broad SMARTS) is 1. The Labute approximate surface area is 218 Å². The van der Waals surface area contributed by atoms with Crippen molar-refractivity contribution in [3.63, 3.8) is 0 Å². The number of carboxylic acids is 1. The number of aromatic nitrogens is 1. The van der Waals surface area contributed by atoms with Crippen molar-refractivity contribution in [1.29, 1.82) is 0 Å². The number of anilines is 1. The molecule has 1 N–H and O–H groups in total. The highest BCUT2D eigenvalue weighted by Crippen LogP contribution is 2.33. The Morgan fingerprint density at radius 1 is 1.05 bits per heavy atom. The zero-order valence-corrected chi connectivity index (χ0v) is 21.1. The van der Waals surface area contributed by atoms with Crippen molar-refractivity contribution in [2.75, 3.05) is 50.7 Å². The molecule has 2 aromatic rings. The lowest BCUT2D eigenvalue weighted by molar-refractivity contribution is -0.139. The van der Waals surface area contributed by atoms with Gasteiger partial charge < -0.3 is 14.9 Å². The summed E-state index contributed by atoms with van der Waals surface area (Å²) in [5.74, 6) is -0.968. The van der Waals surface area contributed by atoms with Crippen LogP contribution in [-0.4, -0.2) is 77.6 Å². The Morgan fingerprint density at radius 3 is 2.49 bits per heavy atom. The standard InChI is InChI=1S/C26H30ClF3N4O3/c27-23-14-19(4-7-31-23)25(37)34-9-6-18(15-24(35)36)20(17-34)5-8-32-10-12-33(13-11-32)22-3-1-2-21(16-22)26(28,29)30/h1-4,7,14,16,18,20H,5-6,8-13,15,17H2,(H,35,36)/t18-,20-/m0/s1. The van der Waals surface area contributed by atoms with Crippen molar-refractivity contribution in [2.24, 2.45) is 11.8 Å². The van der Waals surface area contributed by atoms with E-state index in [1.54, 1.807) is 17.0 Å². The molecular formula is C26H30ClF3N4O3. The van der Waals surface area contributed by atoms with Crippen LogP contribution in [0.4, 0.5) is 18.9 Å². The number of carbonyl (C=O) groups is 2. The summed E-state index contributed by atoms with van der Waals surface area (Å²) in [5, 5.41) is 9.65. The van der Waals surface area contributed by atoms with E-state index in [0.29, 0.717) is 56.9 Å². The first-order chi connectivity index (χ1) is 17.6. The van der Waals surface area contributed by atoms with E-state index in [4.69, 9.17) is 11.6 Å². The quantitative estimate of drug-likeness (QED) is 0.522. The van der Waals surface area contributed by atoms with Crippen molar-refractivity contribution in [1.82, 2.24) is 14.8 Å². The van der Waals surface area contributed by atoms with Gasteiger partial charge >= 0.3 is 12.1 Å². The average Bonchev–Trinajstić information content (AvgIpc) is 2.87. The number of hydrogen-bond acceptors (Lipinski definition) is 5. The molecule has 37 heavy (non-hydrogen) atoms. The van der Waals surface area contributed by atoms with Crippen LogP contribution in [0.15, 0.2) is 42.6 Å². The third-order valence-corrected chi connectivity index (χ3v) is 7.52. The molecule has 0 bridgehead atoms. The molecule has 2 fully saturated rings. The average molecular weight is 539 g/mol. The number of alkyl halides is 3. The molecule has 0 saturated carbocycles. The molecule has 2 atom stereocenters. The van der Waals surface area contributed by atoms with Gasteiger partial charge in [-0.05, 0) is 61.6 Å². The number of carbonyl (C=O) groups excluding carboxylic acids is 1. The summed E-state index contributed by atoms with van der Waals surface area (Å²) < 4.78 is 39.2. The van der Waals surface area contributed by atoms with Crippen LogP contribution in [0, 0.1) is 11.8 Å². The van der Waals surface area contributed by atoms with E-state index in [0.717, 1.165) is 19.0 Å². The van der Waals surface area contributed by atoms with Crippen molar-refractivity contribution in [3.05, 3.63) is 58.9 Å². The number of piperazine rings is 1. The molecule has 0 radical (unpaired) electrons. The lowest BCUT2D eigenvalue weighted by Crippen LogP contribution is -2.48. The van der Waals surface area contributed by atoms with E-state index in [1.807, 2.05) is 4.90 Å². The number of aliphatic carboxylic acids is 1. The summed E-state index contributed by atoms with van der Waals surface area (Å²) in [7, 11) is 0. The monoisotopic (exact) mass is 538 g/mol. The number of amides is 1. The van der Waals surface area contributed by atoms with Crippen LogP contribution in [0.25, 0.3) is 0 Å². The van der Waals surface area contributed by atoms with E-state index < -0.39 is 17.7 Å². The molecule has 0 unspecified atom stereocenters. The van der Waals surface area contributed by atoms with Gasteiger partial charge in [0.1, 0.15) is 5.15 Å². The van der Waals surface area contributed by atoms with Gasteiger partial charge in [-0.15, -0.1) is 0 Å².